The van der Waals surface area contributed by atoms with Crippen molar-refractivity contribution < 1.29 is 4.79 Å². The molecule has 6 nitrogen and oxygen atoms in total. The van der Waals surface area contributed by atoms with E-state index in [2.05, 4.69) is 27.3 Å². The Labute approximate surface area is 127 Å². The predicted molar refractivity (Wildman–Crippen MR) is 83.8 cm³/mol. The number of carbonyl (C=O) groups excluding carboxylic acids is 1. The largest absolute Gasteiger partial charge is 0.353 e. The zero-order valence-electron chi connectivity index (χ0n) is 12.1. The number of nitrogens with one attached hydrogen (secondary N) is 2. The first-order valence-electron chi connectivity index (χ1n) is 7.38. The average molecular weight is 295 g/mol. The predicted octanol–water partition coefficient (Wildman–Crippen LogP) is 1.75. The summed E-state index contributed by atoms with van der Waals surface area (Å²) in [5, 5.41) is 8.64. The van der Waals surface area contributed by atoms with E-state index in [0.717, 1.165) is 33.5 Å². The number of benzene rings is 1. The van der Waals surface area contributed by atoms with Gasteiger partial charge in [0.25, 0.3) is 0 Å². The van der Waals surface area contributed by atoms with E-state index in [0.29, 0.717) is 26.1 Å². The fourth-order valence-electron chi connectivity index (χ4n) is 3.02. The van der Waals surface area contributed by atoms with E-state index in [4.69, 9.17) is 5.73 Å². The van der Waals surface area contributed by atoms with Gasteiger partial charge in [0, 0.05) is 29.4 Å². The Morgan fingerprint density at radius 2 is 2.18 bits per heavy atom. The lowest BCUT2D eigenvalue weighted by Gasteiger charge is -2.14. The Balaban J connectivity index is 1.68. The van der Waals surface area contributed by atoms with E-state index in [1.54, 1.807) is 0 Å². The molecule has 0 saturated heterocycles. The van der Waals surface area contributed by atoms with Crippen LogP contribution < -0.4 is 5.73 Å². The topological polar surface area (TPSA) is 90.8 Å². The van der Waals surface area contributed by atoms with Gasteiger partial charge in [-0.05, 0) is 12.1 Å². The van der Waals surface area contributed by atoms with Crippen LogP contribution in [-0.2, 0) is 17.9 Å². The van der Waals surface area contributed by atoms with Crippen molar-refractivity contribution in [3.05, 3.63) is 41.6 Å². The highest BCUT2D eigenvalue weighted by molar-refractivity contribution is 5.86. The lowest BCUT2D eigenvalue weighted by molar-refractivity contribution is -0.131. The monoisotopic (exact) mass is 295 g/mol. The van der Waals surface area contributed by atoms with E-state index in [1.807, 2.05) is 23.1 Å². The van der Waals surface area contributed by atoms with E-state index in [-0.39, 0.29) is 5.91 Å². The van der Waals surface area contributed by atoms with Crippen molar-refractivity contribution in [2.24, 2.45) is 5.73 Å². The third kappa shape index (κ3) is 2.00. The zero-order chi connectivity index (χ0) is 15.1. The maximum Gasteiger partial charge on any atom is 0.224 e. The van der Waals surface area contributed by atoms with Gasteiger partial charge in [0.15, 0.2) is 0 Å². The summed E-state index contributed by atoms with van der Waals surface area (Å²) in [6, 6.07) is 10.2. The summed E-state index contributed by atoms with van der Waals surface area (Å²) in [5.74, 6) is 0.0923. The standard InChI is InChI=1S/C16H17N5O/c17-6-5-15(22)21-8-11-14(9-21)19-20-16(11)13-7-10-3-1-2-4-12(10)18-13/h1-4,7,18H,5-6,8-9,17H2,(H,19,20). The van der Waals surface area contributed by atoms with Gasteiger partial charge in [-0.3, -0.25) is 9.89 Å². The lowest BCUT2D eigenvalue weighted by Crippen LogP contribution is -2.27. The molecule has 4 N–H and O–H groups in total. The van der Waals surface area contributed by atoms with Crippen LogP contribution in [0.1, 0.15) is 17.7 Å². The van der Waals surface area contributed by atoms with Crippen molar-refractivity contribution >= 4 is 16.8 Å². The molecule has 0 fully saturated rings. The Hall–Kier alpha value is -2.60. The number of H-pyrrole nitrogens is 2. The van der Waals surface area contributed by atoms with E-state index in [1.165, 1.54) is 0 Å². The summed E-state index contributed by atoms with van der Waals surface area (Å²) in [7, 11) is 0. The quantitative estimate of drug-likeness (QED) is 0.687. The highest BCUT2D eigenvalue weighted by Crippen LogP contribution is 2.32. The smallest absolute Gasteiger partial charge is 0.224 e. The van der Waals surface area contributed by atoms with Crippen molar-refractivity contribution in [1.82, 2.24) is 20.1 Å². The molecular weight excluding hydrogens is 278 g/mol. The van der Waals surface area contributed by atoms with Gasteiger partial charge >= 0.3 is 0 Å². The molecule has 0 unspecified atom stereocenters. The molecular formula is C16H17N5O. The van der Waals surface area contributed by atoms with Crippen LogP contribution in [0.3, 0.4) is 0 Å². The maximum atomic E-state index is 12.0. The minimum Gasteiger partial charge on any atom is -0.353 e. The minimum atomic E-state index is 0.0923. The van der Waals surface area contributed by atoms with Gasteiger partial charge in [0.1, 0.15) is 5.69 Å². The molecule has 0 bridgehead atoms. The van der Waals surface area contributed by atoms with Crippen molar-refractivity contribution in [1.29, 1.82) is 0 Å². The van der Waals surface area contributed by atoms with Crippen LogP contribution in [0.25, 0.3) is 22.3 Å². The molecule has 0 saturated carbocycles. The van der Waals surface area contributed by atoms with E-state index < -0.39 is 0 Å². The number of aromatic nitrogens is 3. The van der Waals surface area contributed by atoms with Gasteiger partial charge in [-0.15, -0.1) is 0 Å². The van der Waals surface area contributed by atoms with Crippen LogP contribution in [0, 0.1) is 0 Å². The average Bonchev–Trinajstić information content (AvgIpc) is 3.20. The Morgan fingerprint density at radius 1 is 1.32 bits per heavy atom. The van der Waals surface area contributed by atoms with E-state index in [9.17, 15) is 4.79 Å². The number of para-hydroxylation sites is 1. The number of hydrogen-bond acceptors (Lipinski definition) is 3. The highest BCUT2D eigenvalue weighted by Gasteiger charge is 2.28. The van der Waals surface area contributed by atoms with Gasteiger partial charge in [-0.1, -0.05) is 18.2 Å². The lowest BCUT2D eigenvalue weighted by atomic mass is 10.1. The van der Waals surface area contributed by atoms with Crippen molar-refractivity contribution in [2.45, 2.75) is 19.5 Å². The molecule has 6 heteroatoms. The van der Waals surface area contributed by atoms with Crippen LogP contribution in [-0.4, -0.2) is 32.5 Å². The second-order valence-corrected chi connectivity index (χ2v) is 5.59. The zero-order valence-corrected chi connectivity index (χ0v) is 12.1. The maximum absolute atomic E-state index is 12.0. The van der Waals surface area contributed by atoms with Gasteiger partial charge in [-0.25, -0.2) is 0 Å². The molecule has 4 rings (SSSR count). The van der Waals surface area contributed by atoms with Gasteiger partial charge in [0.2, 0.25) is 5.91 Å². The fraction of sp³-hybridized carbons (Fsp3) is 0.250. The molecule has 1 amide bonds. The summed E-state index contributed by atoms with van der Waals surface area (Å²) >= 11 is 0. The number of nitrogens with zero attached hydrogens (tertiary/aromatic N) is 2. The van der Waals surface area contributed by atoms with Crippen molar-refractivity contribution in [3.8, 4) is 11.4 Å². The molecule has 0 spiro atoms. The molecule has 3 aromatic rings. The summed E-state index contributed by atoms with van der Waals surface area (Å²) in [6.45, 7) is 1.56. The SMILES string of the molecule is NCCC(=O)N1Cc2[nH]nc(-c3cc4ccccc4[nH]3)c2C1. The van der Waals surface area contributed by atoms with Crippen LogP contribution in [0.5, 0.6) is 0 Å². The third-order valence-corrected chi connectivity index (χ3v) is 4.15. The molecule has 0 atom stereocenters. The van der Waals surface area contributed by atoms with Gasteiger partial charge in [-0.2, -0.15) is 5.10 Å². The highest BCUT2D eigenvalue weighted by atomic mass is 16.2. The number of amides is 1. The van der Waals surface area contributed by atoms with Crippen LogP contribution in [0.2, 0.25) is 0 Å². The fourth-order valence-corrected chi connectivity index (χ4v) is 3.02. The molecule has 0 aliphatic carbocycles. The molecule has 2 aromatic heterocycles. The van der Waals surface area contributed by atoms with Crippen molar-refractivity contribution in [2.75, 3.05) is 6.54 Å². The Bertz CT molecular complexity index is 814. The first-order chi connectivity index (χ1) is 10.8. The summed E-state index contributed by atoms with van der Waals surface area (Å²) < 4.78 is 0. The minimum absolute atomic E-state index is 0.0923. The Kier molecular flexibility index (Phi) is 2.97. The molecule has 3 heterocycles. The number of hydrogen-bond donors (Lipinski definition) is 3. The number of aromatic amines is 2. The van der Waals surface area contributed by atoms with Crippen LogP contribution in [0.15, 0.2) is 30.3 Å². The molecule has 22 heavy (non-hydrogen) atoms. The normalized spacial score (nSPS) is 13.8. The first kappa shape index (κ1) is 13.1. The third-order valence-electron chi connectivity index (χ3n) is 4.15. The molecule has 1 aromatic carbocycles. The van der Waals surface area contributed by atoms with E-state index >= 15 is 0 Å². The summed E-state index contributed by atoms with van der Waals surface area (Å²) in [6.07, 6.45) is 0.388. The number of nitrogens with two attached hydrogens (primary N) is 1. The van der Waals surface area contributed by atoms with Crippen LogP contribution >= 0.6 is 0 Å². The molecule has 0 radical (unpaired) electrons. The number of rotatable bonds is 3. The Morgan fingerprint density at radius 3 is 3.00 bits per heavy atom. The number of fused-ring (bicyclic) bond motifs is 2. The second-order valence-electron chi connectivity index (χ2n) is 5.59. The molecule has 1 aliphatic heterocycles. The first-order valence-corrected chi connectivity index (χ1v) is 7.38. The van der Waals surface area contributed by atoms with Crippen LogP contribution in [0.4, 0.5) is 0 Å². The number of carbonyl (C=O) groups is 1. The molecule has 1 aliphatic rings. The van der Waals surface area contributed by atoms with Crippen molar-refractivity contribution in [3.63, 3.8) is 0 Å². The second kappa shape index (κ2) is 4.99. The summed E-state index contributed by atoms with van der Waals surface area (Å²) in [5.41, 5.74) is 10.5. The molecule has 112 valence electrons. The summed E-state index contributed by atoms with van der Waals surface area (Å²) in [4.78, 5) is 17.2. The van der Waals surface area contributed by atoms with Gasteiger partial charge in [0.05, 0.1) is 24.5 Å². The van der Waals surface area contributed by atoms with Gasteiger partial charge < -0.3 is 15.6 Å².